The molecule has 0 N–H and O–H groups in total. The molecule has 0 saturated heterocycles. The van der Waals surface area contributed by atoms with Gasteiger partial charge in [-0.1, -0.05) is 12.1 Å². The van der Waals surface area contributed by atoms with Gasteiger partial charge >= 0.3 is 6.03 Å². The van der Waals surface area contributed by atoms with Crippen molar-refractivity contribution < 1.29 is 13.8 Å². The zero-order valence-electron chi connectivity index (χ0n) is 10.4. The molecule has 1 amide bonds. The number of aryl methyl sites for hydroxylation is 1. The van der Waals surface area contributed by atoms with Gasteiger partial charge in [0.1, 0.15) is 18.2 Å². The summed E-state index contributed by atoms with van der Waals surface area (Å²) in [5.41, 5.74) is 0.766. The monoisotopic (exact) mass is 248 g/mol. The standard InChI is InChI=1S/C13H15FN3O/c1-15-6-7-17(10-15)13(18)16(2)9-11-4-3-5-12(14)8-11/h3-8,10H,9H2,1-2H3/q+1. The fraction of sp³-hybridized carbons (Fsp3) is 0.231. The van der Waals surface area contributed by atoms with Crippen molar-refractivity contribution in [2.24, 2.45) is 7.05 Å². The lowest BCUT2D eigenvalue weighted by Gasteiger charge is -2.13. The van der Waals surface area contributed by atoms with E-state index in [2.05, 4.69) is 0 Å². The number of imidazole rings is 1. The molecular formula is C13H15FN3O+. The molecule has 4 nitrogen and oxygen atoms in total. The maximum atomic E-state index is 13.0. The summed E-state index contributed by atoms with van der Waals surface area (Å²) < 4.78 is 16.3. The summed E-state index contributed by atoms with van der Waals surface area (Å²) in [4.78, 5) is 13.6. The van der Waals surface area contributed by atoms with Crippen LogP contribution >= 0.6 is 0 Å². The number of halogens is 1. The first-order valence-corrected chi connectivity index (χ1v) is 5.59. The molecule has 5 heteroatoms. The Morgan fingerprint density at radius 2 is 2.28 bits per heavy atom. The van der Waals surface area contributed by atoms with Crippen LogP contribution in [0.1, 0.15) is 5.56 Å². The summed E-state index contributed by atoms with van der Waals surface area (Å²) in [6.07, 6.45) is 5.16. The number of aromatic nitrogens is 2. The van der Waals surface area contributed by atoms with Gasteiger partial charge in [0.2, 0.25) is 0 Å². The van der Waals surface area contributed by atoms with Crippen LogP contribution < -0.4 is 4.57 Å². The molecular weight excluding hydrogens is 233 g/mol. The van der Waals surface area contributed by atoms with E-state index in [0.29, 0.717) is 6.54 Å². The van der Waals surface area contributed by atoms with Crippen molar-refractivity contribution in [3.05, 3.63) is 54.4 Å². The molecule has 0 bridgehead atoms. The number of hydrogen-bond donors (Lipinski definition) is 0. The van der Waals surface area contributed by atoms with Gasteiger partial charge < -0.3 is 4.90 Å². The van der Waals surface area contributed by atoms with Crippen molar-refractivity contribution in [3.63, 3.8) is 0 Å². The predicted molar refractivity (Wildman–Crippen MR) is 64.3 cm³/mol. The third-order valence-corrected chi connectivity index (χ3v) is 2.63. The molecule has 2 rings (SSSR count). The summed E-state index contributed by atoms with van der Waals surface area (Å²) in [5.74, 6) is -0.291. The second kappa shape index (κ2) is 5.00. The highest BCUT2D eigenvalue weighted by atomic mass is 19.1. The van der Waals surface area contributed by atoms with Gasteiger partial charge in [0, 0.05) is 13.6 Å². The topological polar surface area (TPSA) is 29.1 Å². The first-order valence-electron chi connectivity index (χ1n) is 5.59. The van der Waals surface area contributed by atoms with Crippen molar-refractivity contribution in [2.75, 3.05) is 7.05 Å². The van der Waals surface area contributed by atoms with Gasteiger partial charge in [0.05, 0.1) is 7.05 Å². The lowest BCUT2D eigenvalue weighted by Crippen LogP contribution is -2.32. The number of carbonyl (C=O) groups excluding carboxylic acids is 1. The lowest BCUT2D eigenvalue weighted by atomic mass is 10.2. The Morgan fingerprint density at radius 1 is 1.50 bits per heavy atom. The molecule has 0 aliphatic rings. The quantitative estimate of drug-likeness (QED) is 0.741. The van der Waals surface area contributed by atoms with Crippen LogP contribution in [0.15, 0.2) is 43.0 Å². The number of amides is 1. The normalized spacial score (nSPS) is 10.4. The first-order chi connectivity index (χ1) is 8.56. The van der Waals surface area contributed by atoms with Crippen LogP contribution in [-0.4, -0.2) is 22.5 Å². The predicted octanol–water partition coefficient (Wildman–Crippen LogP) is 1.55. The third kappa shape index (κ3) is 2.74. The number of nitrogens with zero attached hydrogens (tertiary/aromatic N) is 3. The molecule has 2 aromatic rings. The Morgan fingerprint density at radius 3 is 2.89 bits per heavy atom. The van der Waals surface area contributed by atoms with Gasteiger partial charge in [0.15, 0.2) is 0 Å². The van der Waals surface area contributed by atoms with Crippen LogP contribution in [0, 0.1) is 5.82 Å². The van der Waals surface area contributed by atoms with Crippen LogP contribution in [0.5, 0.6) is 0 Å². The van der Waals surface area contributed by atoms with E-state index in [-0.39, 0.29) is 11.8 Å². The summed E-state index contributed by atoms with van der Waals surface area (Å²) in [6, 6.07) is 6.09. The van der Waals surface area contributed by atoms with Crippen molar-refractivity contribution in [1.82, 2.24) is 9.47 Å². The van der Waals surface area contributed by atoms with Gasteiger partial charge in [-0.3, -0.25) is 0 Å². The fourth-order valence-corrected chi connectivity index (χ4v) is 1.74. The second-order valence-corrected chi connectivity index (χ2v) is 4.25. The van der Waals surface area contributed by atoms with Crippen LogP contribution in [0.4, 0.5) is 9.18 Å². The summed E-state index contributed by atoms with van der Waals surface area (Å²) in [7, 11) is 3.53. The molecule has 94 valence electrons. The van der Waals surface area contributed by atoms with Crippen molar-refractivity contribution >= 4 is 6.03 Å². The highest BCUT2D eigenvalue weighted by Crippen LogP contribution is 2.07. The largest absolute Gasteiger partial charge is 0.415 e. The summed E-state index contributed by atoms with van der Waals surface area (Å²) >= 11 is 0. The van der Waals surface area contributed by atoms with E-state index in [1.165, 1.54) is 21.6 Å². The van der Waals surface area contributed by atoms with Gasteiger partial charge in [0.25, 0.3) is 6.33 Å². The highest BCUT2D eigenvalue weighted by molar-refractivity contribution is 5.76. The fourth-order valence-electron chi connectivity index (χ4n) is 1.74. The molecule has 0 radical (unpaired) electrons. The second-order valence-electron chi connectivity index (χ2n) is 4.25. The van der Waals surface area contributed by atoms with Gasteiger partial charge in [-0.25, -0.2) is 13.8 Å². The minimum atomic E-state index is -0.291. The Labute approximate surface area is 105 Å². The number of carbonyl (C=O) groups is 1. The average molecular weight is 248 g/mol. The molecule has 0 fully saturated rings. The molecule has 0 unspecified atom stereocenters. The Kier molecular flexibility index (Phi) is 3.41. The maximum Gasteiger partial charge on any atom is 0.415 e. The van der Waals surface area contributed by atoms with Crippen LogP contribution in [-0.2, 0) is 13.6 Å². The van der Waals surface area contributed by atoms with E-state index >= 15 is 0 Å². The summed E-state index contributed by atoms with van der Waals surface area (Å²) in [6.45, 7) is 0.373. The Bertz CT molecular complexity index is 565. The molecule has 0 aliphatic carbocycles. The van der Waals surface area contributed by atoms with E-state index in [9.17, 15) is 9.18 Å². The van der Waals surface area contributed by atoms with E-state index in [1.807, 2.05) is 7.05 Å². The average Bonchev–Trinajstić information content (AvgIpc) is 2.75. The third-order valence-electron chi connectivity index (χ3n) is 2.63. The molecule has 1 aromatic heterocycles. The van der Waals surface area contributed by atoms with Gasteiger partial charge in [-0.05, 0) is 17.7 Å². The van der Waals surface area contributed by atoms with E-state index < -0.39 is 0 Å². The van der Waals surface area contributed by atoms with E-state index in [0.717, 1.165) is 5.56 Å². The van der Waals surface area contributed by atoms with Gasteiger partial charge in [-0.2, -0.15) is 4.57 Å². The molecule has 0 spiro atoms. The van der Waals surface area contributed by atoms with E-state index in [1.54, 1.807) is 42.5 Å². The number of rotatable bonds is 2. The SMILES string of the molecule is CN(Cc1cccc(F)c1)C(=O)n1cc[n+](C)c1. The maximum absolute atomic E-state index is 13.0. The van der Waals surface area contributed by atoms with Crippen LogP contribution in [0.3, 0.4) is 0 Å². The number of benzene rings is 1. The van der Waals surface area contributed by atoms with Crippen molar-refractivity contribution in [1.29, 1.82) is 0 Å². The molecule has 1 heterocycles. The first kappa shape index (κ1) is 12.3. The van der Waals surface area contributed by atoms with Crippen LogP contribution in [0.25, 0.3) is 0 Å². The zero-order valence-corrected chi connectivity index (χ0v) is 10.4. The molecule has 18 heavy (non-hydrogen) atoms. The minimum Gasteiger partial charge on any atom is -0.303 e. The van der Waals surface area contributed by atoms with Crippen molar-refractivity contribution in [2.45, 2.75) is 6.54 Å². The molecule has 0 saturated carbocycles. The molecule has 0 aliphatic heterocycles. The van der Waals surface area contributed by atoms with Crippen molar-refractivity contribution in [3.8, 4) is 0 Å². The van der Waals surface area contributed by atoms with Crippen LogP contribution in [0.2, 0.25) is 0 Å². The Hall–Kier alpha value is -2.17. The van der Waals surface area contributed by atoms with E-state index in [4.69, 9.17) is 0 Å². The van der Waals surface area contributed by atoms with Gasteiger partial charge in [-0.15, -0.1) is 0 Å². The minimum absolute atomic E-state index is 0.153. The smallest absolute Gasteiger partial charge is 0.303 e. The summed E-state index contributed by atoms with van der Waals surface area (Å²) in [5, 5.41) is 0. The Balaban J connectivity index is 2.08. The molecule has 0 atom stereocenters. The number of hydrogen-bond acceptors (Lipinski definition) is 1. The highest BCUT2D eigenvalue weighted by Gasteiger charge is 2.17. The zero-order chi connectivity index (χ0) is 13.1. The molecule has 1 aromatic carbocycles. The lowest BCUT2D eigenvalue weighted by molar-refractivity contribution is -0.670.